The molecule has 0 aromatic carbocycles. The molecule has 1 aliphatic rings. The lowest BCUT2D eigenvalue weighted by Crippen LogP contribution is -2.48. The Bertz CT molecular complexity index is 345. The van der Waals surface area contributed by atoms with E-state index in [2.05, 4.69) is 5.32 Å². The van der Waals surface area contributed by atoms with Crippen LogP contribution in [0.4, 0.5) is 0 Å². The molecule has 1 aliphatic carbocycles. The second kappa shape index (κ2) is 9.37. The summed E-state index contributed by atoms with van der Waals surface area (Å²) in [6.45, 7) is 3.57. The number of carbonyl (C=O) groups is 3. The third-order valence-corrected chi connectivity index (χ3v) is 3.60. The topological polar surface area (TPSA) is 81.7 Å². The monoisotopic (exact) mass is 299 g/mol. The Morgan fingerprint density at radius 3 is 2.05 bits per heavy atom. The van der Waals surface area contributed by atoms with Crippen molar-refractivity contribution in [3.05, 3.63) is 0 Å². The number of nitrogens with one attached hydrogen (secondary N) is 1. The normalized spacial score (nSPS) is 15.0. The molecule has 0 aromatic heterocycles. The molecule has 6 heteroatoms. The highest BCUT2D eigenvalue weighted by Crippen LogP contribution is 2.28. The molecule has 21 heavy (non-hydrogen) atoms. The van der Waals surface area contributed by atoms with Gasteiger partial charge in [0, 0.05) is 6.42 Å². The van der Waals surface area contributed by atoms with Crippen LogP contribution in [0.25, 0.3) is 0 Å². The van der Waals surface area contributed by atoms with Gasteiger partial charge < -0.3 is 14.8 Å². The van der Waals surface area contributed by atoms with Crippen LogP contribution in [-0.2, 0) is 23.9 Å². The van der Waals surface area contributed by atoms with Gasteiger partial charge >= 0.3 is 11.9 Å². The van der Waals surface area contributed by atoms with Crippen LogP contribution in [0.5, 0.6) is 0 Å². The van der Waals surface area contributed by atoms with E-state index in [9.17, 15) is 14.4 Å². The first-order valence-corrected chi connectivity index (χ1v) is 7.71. The second-order valence-corrected chi connectivity index (χ2v) is 5.19. The van der Waals surface area contributed by atoms with Crippen molar-refractivity contribution in [2.24, 2.45) is 5.92 Å². The minimum atomic E-state index is -1.36. The fraction of sp³-hybridized carbons (Fsp3) is 0.800. The van der Waals surface area contributed by atoms with Gasteiger partial charge in [0.1, 0.15) is 0 Å². The van der Waals surface area contributed by atoms with Crippen LogP contribution in [0, 0.1) is 5.92 Å². The van der Waals surface area contributed by atoms with E-state index < -0.39 is 18.0 Å². The average Bonchev–Trinajstić information content (AvgIpc) is 2.96. The molecule has 0 spiro atoms. The number of hydrogen-bond acceptors (Lipinski definition) is 5. The maximum atomic E-state index is 11.9. The summed E-state index contributed by atoms with van der Waals surface area (Å²) in [5.74, 6) is -1.28. The molecule has 0 radical (unpaired) electrons. The molecule has 120 valence electrons. The highest BCUT2D eigenvalue weighted by molar-refractivity contribution is 6.02. The summed E-state index contributed by atoms with van der Waals surface area (Å²) in [6.07, 6.45) is 5.88. The molecule has 1 amide bonds. The Balaban J connectivity index is 2.47. The Hall–Kier alpha value is -1.59. The first kappa shape index (κ1) is 17.5. The Kier molecular flexibility index (Phi) is 7.79. The largest absolute Gasteiger partial charge is 0.464 e. The fourth-order valence-corrected chi connectivity index (χ4v) is 2.53. The van der Waals surface area contributed by atoms with E-state index in [1.54, 1.807) is 13.8 Å². The fourth-order valence-electron chi connectivity index (χ4n) is 2.53. The molecule has 6 nitrogen and oxygen atoms in total. The first-order valence-electron chi connectivity index (χ1n) is 7.71. The summed E-state index contributed by atoms with van der Waals surface area (Å²) >= 11 is 0. The number of carbonyl (C=O) groups excluding carboxylic acids is 3. The lowest BCUT2D eigenvalue weighted by atomic mass is 10.0. The molecular weight excluding hydrogens is 274 g/mol. The van der Waals surface area contributed by atoms with Crippen LogP contribution in [0.3, 0.4) is 0 Å². The number of ether oxygens (including phenoxy) is 2. The van der Waals surface area contributed by atoms with Gasteiger partial charge in [0.05, 0.1) is 13.2 Å². The van der Waals surface area contributed by atoms with Gasteiger partial charge in [-0.3, -0.25) is 4.79 Å². The summed E-state index contributed by atoms with van der Waals surface area (Å²) < 4.78 is 9.59. The maximum absolute atomic E-state index is 11.9. The minimum Gasteiger partial charge on any atom is -0.464 e. The van der Waals surface area contributed by atoms with E-state index in [1.807, 2.05) is 0 Å². The van der Waals surface area contributed by atoms with Crippen LogP contribution in [-0.4, -0.2) is 37.1 Å². The van der Waals surface area contributed by atoms with E-state index in [1.165, 1.54) is 12.8 Å². The van der Waals surface area contributed by atoms with Crippen molar-refractivity contribution in [2.45, 2.75) is 58.4 Å². The van der Waals surface area contributed by atoms with Crippen LogP contribution in [0.2, 0.25) is 0 Å². The van der Waals surface area contributed by atoms with Crippen LogP contribution in [0.15, 0.2) is 0 Å². The van der Waals surface area contributed by atoms with Gasteiger partial charge in [0.2, 0.25) is 11.9 Å². The molecule has 0 saturated heterocycles. The summed E-state index contributed by atoms with van der Waals surface area (Å²) in [5, 5.41) is 2.42. The zero-order chi connectivity index (χ0) is 15.7. The predicted molar refractivity (Wildman–Crippen MR) is 76.4 cm³/mol. The zero-order valence-electron chi connectivity index (χ0n) is 12.9. The average molecular weight is 299 g/mol. The molecule has 1 rings (SSSR count). The smallest absolute Gasteiger partial charge is 0.340 e. The zero-order valence-corrected chi connectivity index (χ0v) is 12.9. The summed E-state index contributed by atoms with van der Waals surface area (Å²) in [4.78, 5) is 35.3. The quantitative estimate of drug-likeness (QED) is 0.543. The molecule has 1 fully saturated rings. The van der Waals surface area contributed by atoms with E-state index in [4.69, 9.17) is 9.47 Å². The second-order valence-electron chi connectivity index (χ2n) is 5.19. The van der Waals surface area contributed by atoms with Crippen LogP contribution >= 0.6 is 0 Å². The Morgan fingerprint density at radius 2 is 1.57 bits per heavy atom. The van der Waals surface area contributed by atoms with Gasteiger partial charge in [-0.15, -0.1) is 0 Å². The maximum Gasteiger partial charge on any atom is 0.340 e. The van der Waals surface area contributed by atoms with Crippen molar-refractivity contribution in [3.8, 4) is 0 Å². The van der Waals surface area contributed by atoms with Crippen LogP contribution < -0.4 is 5.32 Å². The molecule has 0 aliphatic heterocycles. The molecule has 1 N–H and O–H groups in total. The van der Waals surface area contributed by atoms with Crippen molar-refractivity contribution in [1.29, 1.82) is 0 Å². The molecule has 0 unspecified atom stereocenters. The van der Waals surface area contributed by atoms with E-state index in [0.29, 0.717) is 12.3 Å². The Labute approximate surface area is 125 Å². The number of rotatable bonds is 8. The number of hydrogen-bond donors (Lipinski definition) is 1. The highest BCUT2D eigenvalue weighted by atomic mass is 16.6. The van der Waals surface area contributed by atoms with Gasteiger partial charge in [0.15, 0.2) is 0 Å². The first-order chi connectivity index (χ1) is 10.1. The van der Waals surface area contributed by atoms with Crippen molar-refractivity contribution >= 4 is 17.8 Å². The van der Waals surface area contributed by atoms with E-state index in [0.717, 1.165) is 19.3 Å². The lowest BCUT2D eigenvalue weighted by molar-refractivity contribution is -0.159. The molecule has 0 atom stereocenters. The van der Waals surface area contributed by atoms with E-state index >= 15 is 0 Å². The molecular formula is C15H25NO5. The lowest BCUT2D eigenvalue weighted by Gasteiger charge is -2.16. The number of amides is 1. The van der Waals surface area contributed by atoms with E-state index in [-0.39, 0.29) is 19.1 Å². The van der Waals surface area contributed by atoms with Gasteiger partial charge in [-0.25, -0.2) is 9.59 Å². The summed E-state index contributed by atoms with van der Waals surface area (Å²) in [7, 11) is 0. The SMILES string of the molecule is CCOC(=O)C(NC(=O)CCC1CCCC1)C(=O)OCC. The Morgan fingerprint density at radius 1 is 1.05 bits per heavy atom. The minimum absolute atomic E-state index is 0.146. The third kappa shape index (κ3) is 6.14. The standard InChI is InChI=1S/C15H25NO5/c1-3-20-14(18)13(15(19)21-4-2)16-12(17)10-9-11-7-5-6-8-11/h11,13H,3-10H2,1-2H3,(H,16,17). The van der Waals surface area contributed by atoms with Gasteiger partial charge in [-0.05, 0) is 26.2 Å². The molecule has 1 saturated carbocycles. The molecule has 0 heterocycles. The van der Waals surface area contributed by atoms with Gasteiger partial charge in [0.25, 0.3) is 0 Å². The molecule has 0 aromatic rings. The van der Waals surface area contributed by atoms with Crippen molar-refractivity contribution < 1.29 is 23.9 Å². The third-order valence-electron chi connectivity index (χ3n) is 3.60. The summed E-state index contributed by atoms with van der Waals surface area (Å²) in [6, 6.07) is -1.36. The van der Waals surface area contributed by atoms with Gasteiger partial charge in [-0.1, -0.05) is 25.7 Å². The van der Waals surface area contributed by atoms with Crippen molar-refractivity contribution in [1.82, 2.24) is 5.32 Å². The number of esters is 2. The van der Waals surface area contributed by atoms with Crippen LogP contribution in [0.1, 0.15) is 52.4 Å². The van der Waals surface area contributed by atoms with Crippen molar-refractivity contribution in [3.63, 3.8) is 0 Å². The molecule has 0 bridgehead atoms. The van der Waals surface area contributed by atoms with Gasteiger partial charge in [-0.2, -0.15) is 0 Å². The summed E-state index contributed by atoms with van der Waals surface area (Å²) in [5.41, 5.74) is 0. The van der Waals surface area contributed by atoms with Crippen molar-refractivity contribution in [2.75, 3.05) is 13.2 Å². The predicted octanol–water partition coefficient (Wildman–Crippen LogP) is 1.57. The highest BCUT2D eigenvalue weighted by Gasteiger charge is 2.31.